The number of amides is 1. The van der Waals surface area contributed by atoms with Crippen LogP contribution in [0.4, 0.5) is 5.82 Å². The maximum atomic E-state index is 12.1. The van der Waals surface area contributed by atoms with Gasteiger partial charge in [-0.25, -0.2) is 4.98 Å². The lowest BCUT2D eigenvalue weighted by atomic mass is 10.2. The maximum absolute atomic E-state index is 12.1. The van der Waals surface area contributed by atoms with E-state index < -0.39 is 0 Å². The molecule has 0 aliphatic heterocycles. The van der Waals surface area contributed by atoms with Gasteiger partial charge in [0.1, 0.15) is 11.5 Å². The number of benzene rings is 1. The van der Waals surface area contributed by atoms with Crippen molar-refractivity contribution < 1.29 is 4.79 Å². The van der Waals surface area contributed by atoms with Crippen LogP contribution in [0.15, 0.2) is 48.5 Å². The van der Waals surface area contributed by atoms with Gasteiger partial charge in [-0.05, 0) is 31.7 Å². The number of anilines is 1. The van der Waals surface area contributed by atoms with E-state index in [4.69, 9.17) is 5.73 Å². The van der Waals surface area contributed by atoms with Gasteiger partial charge in [0.05, 0.1) is 0 Å². The van der Waals surface area contributed by atoms with E-state index in [2.05, 4.69) is 27.3 Å². The summed E-state index contributed by atoms with van der Waals surface area (Å²) in [5.74, 6) is 0.148. The van der Waals surface area contributed by atoms with Gasteiger partial charge in [-0.1, -0.05) is 36.4 Å². The minimum Gasteiger partial charge on any atom is -0.384 e. The summed E-state index contributed by atoms with van der Waals surface area (Å²) in [5, 5.41) is 2.94. The number of nitrogen functional groups attached to an aromatic ring is 1. The molecule has 3 N–H and O–H groups in total. The van der Waals surface area contributed by atoms with Crippen molar-refractivity contribution in [1.29, 1.82) is 0 Å². The van der Waals surface area contributed by atoms with Gasteiger partial charge in [-0.15, -0.1) is 0 Å². The van der Waals surface area contributed by atoms with E-state index in [1.165, 1.54) is 5.56 Å². The van der Waals surface area contributed by atoms with Crippen LogP contribution in [-0.2, 0) is 6.54 Å². The second-order valence-corrected chi connectivity index (χ2v) is 5.50. The Balaban J connectivity index is 1.84. The number of carbonyl (C=O) groups is 1. The first-order valence-corrected chi connectivity index (χ1v) is 7.30. The number of carbonyl (C=O) groups excluding carboxylic acids is 1. The summed E-state index contributed by atoms with van der Waals surface area (Å²) >= 11 is 0. The number of hydrogen-bond acceptors (Lipinski definition) is 4. The summed E-state index contributed by atoms with van der Waals surface area (Å²) in [6.45, 7) is 3.58. The van der Waals surface area contributed by atoms with Crippen molar-refractivity contribution in [2.24, 2.45) is 0 Å². The zero-order chi connectivity index (χ0) is 15.9. The first-order valence-electron chi connectivity index (χ1n) is 7.30. The minimum absolute atomic E-state index is 0.0180. The summed E-state index contributed by atoms with van der Waals surface area (Å²) in [7, 11) is 2.04. The van der Waals surface area contributed by atoms with Gasteiger partial charge in [0.2, 0.25) is 0 Å². The highest BCUT2D eigenvalue weighted by atomic mass is 16.1. The molecule has 116 valence electrons. The van der Waals surface area contributed by atoms with Crippen molar-refractivity contribution in [2.45, 2.75) is 19.5 Å². The van der Waals surface area contributed by atoms with E-state index >= 15 is 0 Å². The molecule has 0 aliphatic carbocycles. The molecule has 5 nitrogen and oxygen atoms in total. The lowest BCUT2D eigenvalue weighted by Crippen LogP contribution is -2.40. The number of likely N-dealkylation sites (N-methyl/N-ethyl adjacent to an activating group) is 1. The van der Waals surface area contributed by atoms with Gasteiger partial charge < -0.3 is 16.0 Å². The summed E-state index contributed by atoms with van der Waals surface area (Å²) in [6, 6.07) is 15.3. The number of rotatable bonds is 6. The molecule has 0 fully saturated rings. The van der Waals surface area contributed by atoms with Crippen LogP contribution >= 0.6 is 0 Å². The van der Waals surface area contributed by atoms with Crippen LogP contribution < -0.4 is 11.1 Å². The second-order valence-electron chi connectivity index (χ2n) is 5.50. The standard InChI is InChI=1S/C17H22N4O/c1-13(11-21(2)12-14-7-4-3-5-8-14)19-17(22)15-9-6-10-16(18)20-15/h3-10,13H,11-12H2,1-2H3,(H2,18,20)(H,19,22). The number of hydrogen-bond donors (Lipinski definition) is 2. The third-order valence-corrected chi connectivity index (χ3v) is 3.26. The molecular formula is C17H22N4O. The van der Waals surface area contributed by atoms with Gasteiger partial charge in [0.25, 0.3) is 5.91 Å². The molecule has 1 atom stereocenters. The average molecular weight is 298 g/mol. The predicted molar refractivity (Wildman–Crippen MR) is 88.4 cm³/mol. The zero-order valence-electron chi connectivity index (χ0n) is 13.0. The van der Waals surface area contributed by atoms with Crippen LogP contribution in [0.1, 0.15) is 23.0 Å². The molecule has 1 aromatic heterocycles. The summed E-state index contributed by atoms with van der Waals surface area (Å²) < 4.78 is 0. The molecule has 0 radical (unpaired) electrons. The van der Waals surface area contributed by atoms with Crippen LogP contribution in [0.3, 0.4) is 0 Å². The number of pyridine rings is 1. The first kappa shape index (κ1) is 16.0. The van der Waals surface area contributed by atoms with E-state index in [1.54, 1.807) is 18.2 Å². The van der Waals surface area contributed by atoms with Crippen molar-refractivity contribution in [1.82, 2.24) is 15.2 Å². The highest BCUT2D eigenvalue weighted by molar-refractivity contribution is 5.92. The van der Waals surface area contributed by atoms with Crippen LogP contribution in [0, 0.1) is 0 Å². The fraction of sp³-hybridized carbons (Fsp3) is 0.294. The van der Waals surface area contributed by atoms with Crippen LogP contribution in [0.2, 0.25) is 0 Å². The van der Waals surface area contributed by atoms with Crippen LogP contribution in [0.5, 0.6) is 0 Å². The van der Waals surface area contributed by atoms with Gasteiger partial charge in [0, 0.05) is 19.1 Å². The topological polar surface area (TPSA) is 71.2 Å². The van der Waals surface area contributed by atoms with E-state index in [1.807, 2.05) is 32.2 Å². The fourth-order valence-electron chi connectivity index (χ4n) is 2.35. The Morgan fingerprint density at radius 2 is 1.95 bits per heavy atom. The molecule has 5 heteroatoms. The van der Waals surface area contributed by atoms with Gasteiger partial charge in [-0.2, -0.15) is 0 Å². The summed E-state index contributed by atoms with van der Waals surface area (Å²) in [4.78, 5) is 18.3. The SMILES string of the molecule is CC(CN(C)Cc1ccccc1)NC(=O)c1cccc(N)n1. The van der Waals surface area contributed by atoms with Crippen molar-refractivity contribution in [3.05, 3.63) is 59.8 Å². The molecule has 0 bridgehead atoms. The van der Waals surface area contributed by atoms with E-state index in [9.17, 15) is 4.79 Å². The Morgan fingerprint density at radius 1 is 1.23 bits per heavy atom. The average Bonchev–Trinajstić information content (AvgIpc) is 2.47. The normalized spacial score (nSPS) is 12.1. The quantitative estimate of drug-likeness (QED) is 0.854. The number of nitrogens with one attached hydrogen (secondary N) is 1. The third kappa shape index (κ3) is 4.86. The zero-order valence-corrected chi connectivity index (χ0v) is 13.0. The third-order valence-electron chi connectivity index (χ3n) is 3.26. The Hall–Kier alpha value is -2.40. The molecular weight excluding hydrogens is 276 g/mol. The van der Waals surface area contributed by atoms with E-state index in [-0.39, 0.29) is 11.9 Å². The largest absolute Gasteiger partial charge is 0.384 e. The molecule has 0 saturated heterocycles. The number of nitrogens with two attached hydrogens (primary N) is 1. The molecule has 1 amide bonds. The van der Waals surface area contributed by atoms with Crippen molar-refractivity contribution in [3.63, 3.8) is 0 Å². The van der Waals surface area contributed by atoms with E-state index in [0.29, 0.717) is 11.5 Å². The van der Waals surface area contributed by atoms with Crippen molar-refractivity contribution >= 4 is 11.7 Å². The Morgan fingerprint density at radius 3 is 2.64 bits per heavy atom. The summed E-state index contributed by atoms with van der Waals surface area (Å²) in [6.07, 6.45) is 0. The molecule has 0 aliphatic rings. The molecule has 1 heterocycles. The van der Waals surface area contributed by atoms with Gasteiger partial charge in [0.15, 0.2) is 0 Å². The molecule has 1 unspecified atom stereocenters. The molecule has 22 heavy (non-hydrogen) atoms. The smallest absolute Gasteiger partial charge is 0.270 e. The van der Waals surface area contributed by atoms with Gasteiger partial charge >= 0.3 is 0 Å². The highest BCUT2D eigenvalue weighted by Gasteiger charge is 2.13. The Labute approximate surface area is 131 Å². The molecule has 1 aromatic carbocycles. The monoisotopic (exact) mass is 298 g/mol. The first-order chi connectivity index (χ1) is 10.5. The molecule has 2 aromatic rings. The van der Waals surface area contributed by atoms with Crippen LogP contribution in [-0.4, -0.2) is 35.4 Å². The maximum Gasteiger partial charge on any atom is 0.270 e. The second kappa shape index (κ2) is 7.56. The Bertz CT molecular complexity index is 615. The summed E-state index contributed by atoms with van der Waals surface area (Å²) in [5.41, 5.74) is 7.19. The predicted octanol–water partition coefficient (Wildman–Crippen LogP) is 1.91. The lowest BCUT2D eigenvalue weighted by molar-refractivity contribution is 0.0926. The molecule has 2 rings (SSSR count). The molecule has 0 saturated carbocycles. The Kier molecular flexibility index (Phi) is 5.49. The highest BCUT2D eigenvalue weighted by Crippen LogP contribution is 2.04. The minimum atomic E-state index is -0.201. The number of nitrogens with zero attached hydrogens (tertiary/aromatic N) is 2. The lowest BCUT2D eigenvalue weighted by Gasteiger charge is -2.22. The van der Waals surface area contributed by atoms with Crippen LogP contribution in [0.25, 0.3) is 0 Å². The van der Waals surface area contributed by atoms with E-state index in [0.717, 1.165) is 13.1 Å². The van der Waals surface area contributed by atoms with Gasteiger partial charge in [-0.3, -0.25) is 4.79 Å². The molecule has 0 spiro atoms. The van der Waals surface area contributed by atoms with Crippen molar-refractivity contribution in [2.75, 3.05) is 19.3 Å². The fourth-order valence-corrected chi connectivity index (χ4v) is 2.35. The van der Waals surface area contributed by atoms with Crippen molar-refractivity contribution in [3.8, 4) is 0 Å². The number of aromatic nitrogens is 1.